The van der Waals surface area contributed by atoms with Gasteiger partial charge in [-0.1, -0.05) is 42.5 Å². The van der Waals surface area contributed by atoms with Crippen molar-refractivity contribution < 1.29 is 14.8 Å². The summed E-state index contributed by atoms with van der Waals surface area (Å²) in [4.78, 5) is 0. The van der Waals surface area contributed by atoms with Crippen LogP contribution in [0.25, 0.3) is 0 Å². The Morgan fingerprint density at radius 3 is 2.56 bits per heavy atom. The maximum atomic E-state index is 9.09. The third-order valence-corrected chi connectivity index (χ3v) is 2.74. The van der Waals surface area contributed by atoms with Crippen LogP contribution in [0.5, 0.6) is 5.75 Å². The molecule has 3 nitrogen and oxygen atoms in total. The molecule has 2 aromatic carbocycles. The third-order valence-electron chi connectivity index (χ3n) is 2.74. The van der Waals surface area contributed by atoms with Gasteiger partial charge in [-0.2, -0.15) is 0 Å². The monoisotopic (exact) mass is 242 g/mol. The third kappa shape index (κ3) is 3.12. The Kier molecular flexibility index (Phi) is 4.02. The molecule has 0 atom stereocenters. The predicted octanol–water partition coefficient (Wildman–Crippen LogP) is 1.25. The van der Waals surface area contributed by atoms with E-state index in [1.807, 2.05) is 37.3 Å². The van der Waals surface area contributed by atoms with Crippen LogP contribution >= 0.6 is 0 Å². The Bertz CT molecular complexity index is 526. The first kappa shape index (κ1) is 12.7. The molecule has 0 aliphatic carbocycles. The summed E-state index contributed by atoms with van der Waals surface area (Å²) in [6.07, 6.45) is 0. The topological polar surface area (TPSA) is 49.7 Å². The van der Waals surface area contributed by atoms with Crippen molar-refractivity contribution in [2.45, 2.75) is 13.5 Å². The van der Waals surface area contributed by atoms with E-state index >= 15 is 0 Å². The molecule has 2 N–H and O–H groups in total. The van der Waals surface area contributed by atoms with Crippen molar-refractivity contribution in [2.75, 3.05) is 0 Å². The molecule has 0 fully saturated rings. The SMILES string of the molecule is Cc1ccccc1OCc1cccc(B(O)O)c1. The first-order chi connectivity index (χ1) is 8.66. The van der Waals surface area contributed by atoms with E-state index in [1.165, 1.54) is 0 Å². The van der Waals surface area contributed by atoms with Gasteiger partial charge in [0.25, 0.3) is 0 Å². The number of ether oxygens (including phenoxy) is 1. The minimum Gasteiger partial charge on any atom is -0.489 e. The highest BCUT2D eigenvalue weighted by atomic mass is 16.5. The van der Waals surface area contributed by atoms with Gasteiger partial charge in [0.2, 0.25) is 0 Å². The summed E-state index contributed by atoms with van der Waals surface area (Å²) >= 11 is 0. The average molecular weight is 242 g/mol. The lowest BCUT2D eigenvalue weighted by molar-refractivity contribution is 0.304. The van der Waals surface area contributed by atoms with Gasteiger partial charge in [-0.3, -0.25) is 0 Å². The van der Waals surface area contributed by atoms with Crippen molar-refractivity contribution in [1.29, 1.82) is 0 Å². The maximum Gasteiger partial charge on any atom is 0.488 e. The molecule has 0 aromatic heterocycles. The molecule has 2 rings (SSSR count). The van der Waals surface area contributed by atoms with Crippen LogP contribution in [0.1, 0.15) is 11.1 Å². The molecular weight excluding hydrogens is 227 g/mol. The normalized spacial score (nSPS) is 10.2. The highest BCUT2D eigenvalue weighted by molar-refractivity contribution is 6.58. The van der Waals surface area contributed by atoms with Crippen LogP contribution in [0.4, 0.5) is 0 Å². The fraction of sp³-hybridized carbons (Fsp3) is 0.143. The lowest BCUT2D eigenvalue weighted by Crippen LogP contribution is -2.29. The van der Waals surface area contributed by atoms with Gasteiger partial charge < -0.3 is 14.8 Å². The van der Waals surface area contributed by atoms with Crippen LogP contribution in [0.2, 0.25) is 0 Å². The standard InChI is InChI=1S/C14H15BO3/c1-11-5-2-3-8-14(11)18-10-12-6-4-7-13(9-12)15(16)17/h2-9,16-17H,10H2,1H3. The molecule has 0 spiro atoms. The quantitative estimate of drug-likeness (QED) is 0.793. The first-order valence-corrected chi connectivity index (χ1v) is 5.80. The molecule has 92 valence electrons. The summed E-state index contributed by atoms with van der Waals surface area (Å²) in [6.45, 7) is 2.40. The summed E-state index contributed by atoms with van der Waals surface area (Å²) in [5.41, 5.74) is 2.46. The van der Waals surface area contributed by atoms with Crippen molar-refractivity contribution in [1.82, 2.24) is 0 Å². The minimum absolute atomic E-state index is 0.408. The van der Waals surface area contributed by atoms with E-state index in [1.54, 1.807) is 18.2 Å². The van der Waals surface area contributed by atoms with Crippen molar-refractivity contribution in [3.05, 3.63) is 59.7 Å². The molecule has 0 saturated heterocycles. The van der Waals surface area contributed by atoms with Gasteiger partial charge in [0.05, 0.1) is 0 Å². The second-order valence-corrected chi connectivity index (χ2v) is 4.17. The summed E-state index contributed by atoms with van der Waals surface area (Å²) in [5.74, 6) is 0.840. The van der Waals surface area contributed by atoms with Crippen LogP contribution < -0.4 is 10.2 Å². The molecule has 18 heavy (non-hydrogen) atoms. The summed E-state index contributed by atoms with van der Waals surface area (Å²) < 4.78 is 5.69. The molecule has 0 heterocycles. The van der Waals surface area contributed by atoms with Gasteiger partial charge >= 0.3 is 7.12 Å². The number of rotatable bonds is 4. The lowest BCUT2D eigenvalue weighted by Gasteiger charge is -2.09. The van der Waals surface area contributed by atoms with E-state index in [2.05, 4.69) is 0 Å². The molecule has 4 heteroatoms. The van der Waals surface area contributed by atoms with Crippen LogP contribution in [0.3, 0.4) is 0 Å². The van der Waals surface area contributed by atoms with Gasteiger partial charge in [-0.25, -0.2) is 0 Å². The van der Waals surface area contributed by atoms with Crippen molar-refractivity contribution in [2.24, 2.45) is 0 Å². The average Bonchev–Trinajstić information content (AvgIpc) is 2.38. The Hall–Kier alpha value is -1.78. The highest BCUT2D eigenvalue weighted by Gasteiger charge is 2.10. The second-order valence-electron chi connectivity index (χ2n) is 4.17. The minimum atomic E-state index is -1.44. The van der Waals surface area contributed by atoms with E-state index in [0.29, 0.717) is 12.1 Å². The van der Waals surface area contributed by atoms with Crippen LogP contribution in [-0.2, 0) is 6.61 Å². The molecule has 0 saturated carbocycles. The largest absolute Gasteiger partial charge is 0.489 e. The molecule has 0 radical (unpaired) electrons. The van der Waals surface area contributed by atoms with E-state index in [-0.39, 0.29) is 0 Å². The van der Waals surface area contributed by atoms with Crippen LogP contribution in [-0.4, -0.2) is 17.2 Å². The first-order valence-electron chi connectivity index (χ1n) is 5.80. The predicted molar refractivity (Wildman–Crippen MR) is 71.8 cm³/mol. The van der Waals surface area contributed by atoms with Crippen molar-refractivity contribution in [3.8, 4) is 5.75 Å². The van der Waals surface area contributed by atoms with E-state index in [0.717, 1.165) is 16.9 Å². The summed E-state index contributed by atoms with van der Waals surface area (Å²) in [7, 11) is -1.44. The fourth-order valence-electron chi connectivity index (χ4n) is 1.72. The number of benzene rings is 2. The molecule has 2 aromatic rings. The number of aryl methyl sites for hydroxylation is 1. The van der Waals surface area contributed by atoms with Gasteiger partial charge in [0.1, 0.15) is 12.4 Å². The van der Waals surface area contributed by atoms with Crippen LogP contribution in [0.15, 0.2) is 48.5 Å². The van der Waals surface area contributed by atoms with Gasteiger partial charge in [0, 0.05) is 0 Å². The number of hydrogen-bond donors (Lipinski definition) is 2. The molecule has 0 unspecified atom stereocenters. The van der Waals surface area contributed by atoms with Gasteiger partial charge in [-0.05, 0) is 29.6 Å². The van der Waals surface area contributed by atoms with E-state index < -0.39 is 7.12 Å². The number of hydrogen-bond acceptors (Lipinski definition) is 3. The van der Waals surface area contributed by atoms with Crippen molar-refractivity contribution in [3.63, 3.8) is 0 Å². The van der Waals surface area contributed by atoms with E-state index in [4.69, 9.17) is 14.8 Å². The fourth-order valence-corrected chi connectivity index (χ4v) is 1.72. The molecule has 0 aliphatic rings. The molecular formula is C14H15BO3. The summed E-state index contributed by atoms with van der Waals surface area (Å²) in [5, 5.41) is 18.2. The summed E-state index contributed by atoms with van der Waals surface area (Å²) in [6, 6.07) is 14.9. The maximum absolute atomic E-state index is 9.09. The molecule has 0 aliphatic heterocycles. The second kappa shape index (κ2) is 5.71. The van der Waals surface area contributed by atoms with Gasteiger partial charge in [-0.15, -0.1) is 0 Å². The van der Waals surface area contributed by atoms with Crippen molar-refractivity contribution >= 4 is 12.6 Å². The van der Waals surface area contributed by atoms with Gasteiger partial charge in [0.15, 0.2) is 0 Å². The Morgan fingerprint density at radius 2 is 1.83 bits per heavy atom. The van der Waals surface area contributed by atoms with E-state index in [9.17, 15) is 0 Å². The zero-order valence-corrected chi connectivity index (χ0v) is 10.2. The zero-order chi connectivity index (χ0) is 13.0. The smallest absolute Gasteiger partial charge is 0.488 e. The molecule has 0 amide bonds. The zero-order valence-electron chi connectivity index (χ0n) is 10.2. The Labute approximate surface area is 107 Å². The Balaban J connectivity index is 2.07. The molecule has 0 bridgehead atoms. The lowest BCUT2D eigenvalue weighted by atomic mass is 9.80. The highest BCUT2D eigenvalue weighted by Crippen LogP contribution is 2.17. The Morgan fingerprint density at radius 1 is 1.06 bits per heavy atom. The number of para-hydroxylation sites is 1. The van der Waals surface area contributed by atoms with Crippen LogP contribution in [0, 0.1) is 6.92 Å².